The molecule has 0 radical (unpaired) electrons. The summed E-state index contributed by atoms with van der Waals surface area (Å²) >= 11 is 0. The number of aromatic hydroxyl groups is 1. The lowest BCUT2D eigenvalue weighted by molar-refractivity contribution is 0.0954. The molecule has 5 heteroatoms. The Hall–Kier alpha value is -2.82. The first-order valence-electron chi connectivity index (χ1n) is 6.38. The average Bonchev–Trinajstić information content (AvgIpc) is 2.49. The van der Waals surface area contributed by atoms with Crippen LogP contribution in [-0.4, -0.2) is 24.3 Å². The van der Waals surface area contributed by atoms with Crippen LogP contribution in [0.25, 0.3) is 0 Å². The third kappa shape index (κ3) is 3.60. The number of ether oxygens (including phenoxy) is 1. The van der Waals surface area contributed by atoms with Gasteiger partial charge in [-0.05, 0) is 42.3 Å². The molecular formula is C16H16N2O3. The van der Waals surface area contributed by atoms with Gasteiger partial charge in [0.05, 0.1) is 13.3 Å². The zero-order valence-corrected chi connectivity index (χ0v) is 11.8. The number of aryl methyl sites for hydroxylation is 1. The number of nitrogens with one attached hydrogen (secondary N) is 1. The van der Waals surface area contributed by atoms with E-state index in [0.717, 1.165) is 5.56 Å². The van der Waals surface area contributed by atoms with Crippen LogP contribution in [0.4, 0.5) is 0 Å². The van der Waals surface area contributed by atoms with E-state index in [1.807, 2.05) is 19.1 Å². The fourth-order valence-corrected chi connectivity index (χ4v) is 1.83. The van der Waals surface area contributed by atoms with E-state index in [1.54, 1.807) is 24.3 Å². The fourth-order valence-electron chi connectivity index (χ4n) is 1.83. The summed E-state index contributed by atoms with van der Waals surface area (Å²) in [4.78, 5) is 11.9. The Morgan fingerprint density at radius 2 is 2.05 bits per heavy atom. The highest BCUT2D eigenvalue weighted by molar-refractivity contribution is 5.96. The molecule has 0 aliphatic rings. The van der Waals surface area contributed by atoms with Crippen molar-refractivity contribution in [1.29, 1.82) is 0 Å². The van der Waals surface area contributed by atoms with Crippen LogP contribution < -0.4 is 10.2 Å². The van der Waals surface area contributed by atoms with Crippen LogP contribution in [-0.2, 0) is 0 Å². The lowest BCUT2D eigenvalue weighted by Gasteiger charge is -2.04. The molecule has 0 fully saturated rings. The SMILES string of the molecule is COc1cc(/C=N\NC(=O)c2ccccc2C)ccc1O. The number of hydrogen-bond donors (Lipinski definition) is 2. The number of nitrogens with zero attached hydrogens (tertiary/aromatic N) is 1. The standard InChI is InChI=1S/C16H16N2O3/c1-11-5-3-4-6-13(11)16(20)18-17-10-12-7-8-14(19)15(9-12)21-2/h3-10,19H,1-2H3,(H,18,20)/b17-10-. The van der Waals surface area contributed by atoms with E-state index in [2.05, 4.69) is 10.5 Å². The van der Waals surface area contributed by atoms with Gasteiger partial charge in [0, 0.05) is 5.56 Å². The summed E-state index contributed by atoms with van der Waals surface area (Å²) in [7, 11) is 1.47. The molecule has 0 unspecified atom stereocenters. The molecule has 5 nitrogen and oxygen atoms in total. The van der Waals surface area contributed by atoms with E-state index in [0.29, 0.717) is 16.9 Å². The van der Waals surface area contributed by atoms with Crippen molar-refractivity contribution in [1.82, 2.24) is 5.43 Å². The molecule has 0 saturated carbocycles. The minimum absolute atomic E-state index is 0.0543. The normalized spacial score (nSPS) is 10.6. The second-order valence-corrected chi connectivity index (χ2v) is 4.45. The number of hydrogen-bond acceptors (Lipinski definition) is 4. The molecule has 0 aliphatic carbocycles. The predicted octanol–water partition coefficient (Wildman–Crippen LogP) is 2.47. The van der Waals surface area contributed by atoms with Crippen LogP contribution in [0.2, 0.25) is 0 Å². The van der Waals surface area contributed by atoms with Crippen molar-refractivity contribution in [2.24, 2.45) is 5.10 Å². The Labute approximate surface area is 122 Å². The number of rotatable bonds is 4. The molecule has 0 aliphatic heterocycles. The number of phenolic OH excluding ortho intramolecular Hbond substituents is 1. The maximum absolute atomic E-state index is 11.9. The highest BCUT2D eigenvalue weighted by Gasteiger charge is 2.06. The van der Waals surface area contributed by atoms with Gasteiger partial charge in [-0.1, -0.05) is 18.2 Å². The first-order chi connectivity index (χ1) is 10.1. The van der Waals surface area contributed by atoms with Crippen LogP contribution in [0.1, 0.15) is 21.5 Å². The molecule has 0 bridgehead atoms. The van der Waals surface area contributed by atoms with Gasteiger partial charge in [-0.25, -0.2) is 5.43 Å². The molecule has 0 heterocycles. The molecule has 2 rings (SSSR count). The summed E-state index contributed by atoms with van der Waals surface area (Å²) in [5, 5.41) is 13.4. The first-order valence-corrected chi connectivity index (χ1v) is 6.38. The van der Waals surface area contributed by atoms with Crippen LogP contribution in [0.3, 0.4) is 0 Å². The summed E-state index contributed by atoms with van der Waals surface area (Å²) in [6, 6.07) is 12.1. The number of benzene rings is 2. The molecule has 2 N–H and O–H groups in total. The van der Waals surface area contributed by atoms with Crippen LogP contribution in [0, 0.1) is 6.92 Å². The van der Waals surface area contributed by atoms with Crippen LogP contribution >= 0.6 is 0 Å². The Morgan fingerprint density at radius 1 is 1.29 bits per heavy atom. The zero-order chi connectivity index (χ0) is 15.2. The van der Waals surface area contributed by atoms with Gasteiger partial charge in [-0.3, -0.25) is 4.79 Å². The third-order valence-corrected chi connectivity index (χ3v) is 2.97. The van der Waals surface area contributed by atoms with Gasteiger partial charge in [-0.2, -0.15) is 5.10 Å². The predicted molar refractivity (Wildman–Crippen MR) is 80.9 cm³/mol. The highest BCUT2D eigenvalue weighted by atomic mass is 16.5. The molecule has 0 aromatic heterocycles. The van der Waals surface area contributed by atoms with E-state index in [4.69, 9.17) is 4.74 Å². The number of phenols is 1. The van der Waals surface area contributed by atoms with Gasteiger partial charge in [0.2, 0.25) is 0 Å². The Balaban J connectivity index is 2.06. The molecule has 0 saturated heterocycles. The monoisotopic (exact) mass is 284 g/mol. The van der Waals surface area contributed by atoms with Gasteiger partial charge in [0.25, 0.3) is 5.91 Å². The molecule has 2 aromatic rings. The molecule has 1 amide bonds. The third-order valence-electron chi connectivity index (χ3n) is 2.97. The van der Waals surface area contributed by atoms with E-state index < -0.39 is 0 Å². The minimum atomic E-state index is -0.268. The van der Waals surface area contributed by atoms with Crippen molar-refractivity contribution < 1.29 is 14.6 Å². The van der Waals surface area contributed by atoms with Crippen molar-refractivity contribution in [3.8, 4) is 11.5 Å². The van der Waals surface area contributed by atoms with Gasteiger partial charge >= 0.3 is 0 Å². The smallest absolute Gasteiger partial charge is 0.271 e. The Bertz CT molecular complexity index is 681. The highest BCUT2D eigenvalue weighted by Crippen LogP contribution is 2.25. The molecule has 21 heavy (non-hydrogen) atoms. The fraction of sp³-hybridized carbons (Fsp3) is 0.125. The number of methoxy groups -OCH3 is 1. The summed E-state index contributed by atoms with van der Waals surface area (Å²) in [6.45, 7) is 1.86. The number of amides is 1. The van der Waals surface area contributed by atoms with Crippen molar-refractivity contribution in [2.45, 2.75) is 6.92 Å². The number of carbonyl (C=O) groups is 1. The molecule has 0 atom stereocenters. The summed E-state index contributed by atoms with van der Waals surface area (Å²) in [5.41, 5.74) is 4.64. The van der Waals surface area contributed by atoms with Gasteiger partial charge in [-0.15, -0.1) is 0 Å². The average molecular weight is 284 g/mol. The number of carbonyl (C=O) groups excluding carboxylic acids is 1. The second-order valence-electron chi connectivity index (χ2n) is 4.45. The second kappa shape index (κ2) is 6.56. The molecule has 0 spiro atoms. The summed E-state index contributed by atoms with van der Waals surface area (Å²) in [5.74, 6) is 0.137. The number of hydrazone groups is 1. The minimum Gasteiger partial charge on any atom is -0.504 e. The van der Waals surface area contributed by atoms with Crippen molar-refractivity contribution >= 4 is 12.1 Å². The zero-order valence-electron chi connectivity index (χ0n) is 11.8. The van der Waals surface area contributed by atoms with Crippen molar-refractivity contribution in [3.63, 3.8) is 0 Å². The lowest BCUT2D eigenvalue weighted by Crippen LogP contribution is -2.18. The quantitative estimate of drug-likeness (QED) is 0.669. The lowest BCUT2D eigenvalue weighted by atomic mass is 10.1. The topological polar surface area (TPSA) is 70.9 Å². The molecule has 108 valence electrons. The van der Waals surface area contributed by atoms with Gasteiger partial charge in [0.1, 0.15) is 0 Å². The van der Waals surface area contributed by atoms with E-state index in [1.165, 1.54) is 19.4 Å². The van der Waals surface area contributed by atoms with Crippen LogP contribution in [0.15, 0.2) is 47.6 Å². The van der Waals surface area contributed by atoms with Crippen molar-refractivity contribution in [2.75, 3.05) is 7.11 Å². The van der Waals surface area contributed by atoms with E-state index in [-0.39, 0.29) is 11.7 Å². The first kappa shape index (κ1) is 14.6. The maximum atomic E-state index is 11.9. The van der Waals surface area contributed by atoms with Gasteiger partial charge in [0.15, 0.2) is 11.5 Å². The maximum Gasteiger partial charge on any atom is 0.271 e. The summed E-state index contributed by atoms with van der Waals surface area (Å²) in [6.07, 6.45) is 1.48. The molecule has 2 aromatic carbocycles. The van der Waals surface area contributed by atoms with Crippen molar-refractivity contribution in [3.05, 3.63) is 59.2 Å². The van der Waals surface area contributed by atoms with E-state index >= 15 is 0 Å². The molecular weight excluding hydrogens is 268 g/mol. The van der Waals surface area contributed by atoms with Gasteiger partial charge < -0.3 is 9.84 Å². The summed E-state index contributed by atoms with van der Waals surface area (Å²) < 4.78 is 5.00. The Morgan fingerprint density at radius 3 is 2.76 bits per heavy atom. The Kier molecular flexibility index (Phi) is 4.56. The van der Waals surface area contributed by atoms with E-state index in [9.17, 15) is 9.90 Å². The van der Waals surface area contributed by atoms with Crippen LogP contribution in [0.5, 0.6) is 11.5 Å². The largest absolute Gasteiger partial charge is 0.504 e.